The second kappa shape index (κ2) is 93.0. The van der Waals surface area contributed by atoms with Crippen LogP contribution in [-0.4, -0.2) is 0 Å². The van der Waals surface area contributed by atoms with E-state index in [1.54, 1.807) is 0 Å². The van der Waals surface area contributed by atoms with Crippen LogP contribution in [0.25, 0.3) is 0 Å². The molecule has 0 N–H and O–H groups in total. The first-order valence-electron chi connectivity index (χ1n) is 5.15. The fourth-order valence-electron chi connectivity index (χ4n) is 0. The quantitative estimate of drug-likeness (QED) is 0.358. The van der Waals surface area contributed by atoms with E-state index in [9.17, 15) is 0 Å². The molecule has 0 bridgehead atoms. The Hall–Kier alpha value is 4.42. The van der Waals surface area contributed by atoms with E-state index in [0.29, 0.717) is 0 Å². The fraction of sp³-hybridized carbons (Fsp3) is 0.917. The third kappa shape index (κ3) is 286. The smallest absolute Gasteiger partial charge is 0 e. The van der Waals surface area contributed by atoms with E-state index in [0.717, 1.165) is 5.92 Å². The van der Waals surface area contributed by atoms with Gasteiger partial charge in [0.15, 0.2) is 0 Å². The van der Waals surface area contributed by atoms with Crippen LogP contribution in [0.2, 0.25) is 0 Å². The van der Waals surface area contributed by atoms with Gasteiger partial charge in [-0.2, -0.15) is 0 Å². The van der Waals surface area contributed by atoms with Crippen molar-refractivity contribution in [3.8, 4) is 0 Å². The summed E-state index contributed by atoms with van der Waals surface area (Å²) in [4.78, 5) is 0. The molecule has 0 atom stereocenters. The van der Waals surface area contributed by atoms with Gasteiger partial charge in [0.05, 0.1) is 0 Å². The molecule has 0 aliphatic carbocycles. The van der Waals surface area contributed by atoms with Crippen LogP contribution in [-0.2, 0) is 131 Å². The van der Waals surface area contributed by atoms with E-state index >= 15 is 0 Å². The Balaban J connectivity index is -0.00000000547. The van der Waals surface area contributed by atoms with Gasteiger partial charge in [0.25, 0.3) is 0 Å². The van der Waals surface area contributed by atoms with Crippen LogP contribution in [0.4, 0.5) is 0 Å². The molecule has 0 aromatic rings. The second-order valence-electron chi connectivity index (χ2n) is 2.44. The SMILES string of the molecule is CC.CC.CC(C)C.CCC.[CH3-].[Y].[Y].[Y].[Y]. The third-order valence-corrected chi connectivity index (χ3v) is 0. The van der Waals surface area contributed by atoms with Crippen LogP contribution in [0.5, 0.6) is 0 Å². The molecule has 0 aromatic carbocycles. The van der Waals surface area contributed by atoms with Gasteiger partial charge in [0.1, 0.15) is 0 Å². The molecule has 0 amide bonds. The number of hydrogen-bond donors (Lipinski definition) is 0. The molecule has 0 unspecified atom stereocenters. The van der Waals surface area contributed by atoms with E-state index in [2.05, 4.69) is 34.6 Å². The first kappa shape index (κ1) is 59.1. The van der Waals surface area contributed by atoms with Gasteiger partial charge >= 0.3 is 0 Å². The summed E-state index contributed by atoms with van der Waals surface area (Å²) in [6.45, 7) is 18.8. The monoisotopic (exact) mass is 533 g/mol. The molecule has 16 heavy (non-hydrogen) atoms. The topological polar surface area (TPSA) is 0 Å². The average molecular weight is 533 g/mol. The molecule has 0 aliphatic rings. The summed E-state index contributed by atoms with van der Waals surface area (Å²) in [6, 6.07) is 0. The van der Waals surface area contributed by atoms with Crippen LogP contribution < -0.4 is 0 Å². The van der Waals surface area contributed by atoms with Crippen molar-refractivity contribution < 1.29 is 131 Å². The van der Waals surface area contributed by atoms with E-state index in [4.69, 9.17) is 0 Å². The van der Waals surface area contributed by atoms with Crippen molar-refractivity contribution in [2.24, 2.45) is 5.92 Å². The zero-order valence-electron chi connectivity index (χ0n) is 13.6. The Morgan fingerprint density at radius 3 is 0.625 bits per heavy atom. The van der Waals surface area contributed by atoms with Gasteiger partial charge in [-0.25, -0.2) is 0 Å². The summed E-state index contributed by atoms with van der Waals surface area (Å²) in [5.74, 6) is 0.833. The Kier molecular flexibility index (Phi) is 343. The molecular weight excluding hydrogens is 500 g/mol. The summed E-state index contributed by atoms with van der Waals surface area (Å²) >= 11 is 0. The summed E-state index contributed by atoms with van der Waals surface area (Å²) in [5.41, 5.74) is 0. The largest absolute Gasteiger partial charge is 0.358 e. The van der Waals surface area contributed by atoms with Gasteiger partial charge < -0.3 is 7.43 Å². The minimum Gasteiger partial charge on any atom is -0.358 e. The van der Waals surface area contributed by atoms with E-state index in [1.165, 1.54) is 6.42 Å². The predicted molar refractivity (Wildman–Crippen MR) is 65.6 cm³/mol. The Morgan fingerprint density at radius 2 is 0.625 bits per heavy atom. The Morgan fingerprint density at radius 1 is 0.625 bits per heavy atom. The molecule has 0 nitrogen and oxygen atoms in total. The summed E-state index contributed by atoms with van der Waals surface area (Å²) in [7, 11) is 0. The van der Waals surface area contributed by atoms with Crippen molar-refractivity contribution in [2.75, 3.05) is 0 Å². The average Bonchev–Trinajstić information content (AvgIpc) is 1.96. The van der Waals surface area contributed by atoms with Crippen molar-refractivity contribution in [1.82, 2.24) is 0 Å². The molecule has 4 radical (unpaired) electrons. The van der Waals surface area contributed by atoms with Crippen molar-refractivity contribution in [3.63, 3.8) is 0 Å². The molecule has 0 saturated carbocycles. The van der Waals surface area contributed by atoms with Gasteiger partial charge in [-0.15, -0.1) is 0 Å². The molecule has 0 rings (SSSR count). The summed E-state index contributed by atoms with van der Waals surface area (Å²) in [6.07, 6.45) is 1.25. The van der Waals surface area contributed by atoms with Crippen molar-refractivity contribution in [3.05, 3.63) is 7.43 Å². The van der Waals surface area contributed by atoms with Crippen LogP contribution in [0.15, 0.2) is 0 Å². The predicted octanol–water partition coefficient (Wildman–Crippen LogP) is 5.57. The maximum Gasteiger partial charge on any atom is 0 e. The summed E-state index contributed by atoms with van der Waals surface area (Å²) in [5, 5.41) is 0. The molecule has 4 heteroatoms. The van der Waals surface area contributed by atoms with Crippen LogP contribution in [0, 0.1) is 13.3 Å². The molecular formula is C12H33Y4-. The molecule has 0 fully saturated rings. The van der Waals surface area contributed by atoms with E-state index in [1.807, 2.05) is 27.7 Å². The third-order valence-electron chi connectivity index (χ3n) is 0. The number of hydrogen-bond acceptors (Lipinski definition) is 0. The summed E-state index contributed by atoms with van der Waals surface area (Å²) < 4.78 is 0. The molecule has 0 aliphatic heterocycles. The van der Waals surface area contributed by atoms with Gasteiger partial charge in [0, 0.05) is 131 Å². The fourth-order valence-corrected chi connectivity index (χ4v) is 0. The van der Waals surface area contributed by atoms with E-state index < -0.39 is 0 Å². The second-order valence-corrected chi connectivity index (χ2v) is 2.44. The minimum atomic E-state index is 0. The normalized spacial score (nSPS) is 4.12. The minimum absolute atomic E-state index is 0. The van der Waals surface area contributed by atoms with Crippen molar-refractivity contribution >= 4 is 0 Å². The van der Waals surface area contributed by atoms with Gasteiger partial charge in [0.2, 0.25) is 0 Å². The van der Waals surface area contributed by atoms with Gasteiger partial charge in [-0.3, -0.25) is 0 Å². The van der Waals surface area contributed by atoms with Gasteiger partial charge in [-0.05, 0) is 5.92 Å². The number of rotatable bonds is 0. The zero-order valence-corrected chi connectivity index (χ0v) is 24.9. The Bertz CT molecular complexity index is 24.2. The Labute approximate surface area is 208 Å². The molecule has 0 aromatic heterocycles. The zero-order chi connectivity index (χ0) is 10.3. The standard InChI is InChI=1S/C4H10.C3H8.2C2H6.CH3.4Y/c1-4(2)3;1-3-2;2*1-2;;;;;/h4H,1-3H3;3H2,1-2H3;2*1-2H3;1H3;;;;/q;;;;-1;;;;. The van der Waals surface area contributed by atoms with Crippen LogP contribution in [0.1, 0.15) is 68.7 Å². The van der Waals surface area contributed by atoms with Gasteiger partial charge in [-0.1, -0.05) is 68.7 Å². The van der Waals surface area contributed by atoms with E-state index in [-0.39, 0.29) is 138 Å². The first-order chi connectivity index (χ1) is 5.15. The molecule has 94 valence electrons. The first-order valence-corrected chi connectivity index (χ1v) is 5.15. The van der Waals surface area contributed by atoms with Crippen molar-refractivity contribution in [2.45, 2.75) is 68.7 Å². The van der Waals surface area contributed by atoms with Crippen LogP contribution in [0.3, 0.4) is 0 Å². The maximum atomic E-state index is 2.17. The molecule has 0 heterocycles. The van der Waals surface area contributed by atoms with Crippen molar-refractivity contribution in [1.29, 1.82) is 0 Å². The molecule has 0 spiro atoms. The maximum absolute atomic E-state index is 2.17. The molecule has 0 saturated heterocycles. The van der Waals surface area contributed by atoms with Crippen LogP contribution >= 0.6 is 0 Å².